The van der Waals surface area contributed by atoms with Gasteiger partial charge in [0.25, 0.3) is 30.3 Å². The molecule has 0 fully saturated rings. The average molecular weight is 791 g/mol. The molecular formula is C27H34N8O12S4. The van der Waals surface area contributed by atoms with Gasteiger partial charge in [0, 0.05) is 24.6 Å². The molecule has 2 amide bonds. The summed E-state index contributed by atoms with van der Waals surface area (Å²) in [6.07, 6.45) is 7.23. The summed E-state index contributed by atoms with van der Waals surface area (Å²) in [7, 11) is -17.4. The van der Waals surface area contributed by atoms with Crippen molar-refractivity contribution in [3.05, 3.63) is 68.1 Å². The Morgan fingerprint density at radius 3 is 2.24 bits per heavy atom. The van der Waals surface area contributed by atoms with E-state index in [1.165, 1.54) is 19.1 Å². The number of fused-ring (bicyclic) bond motifs is 2. The normalized spacial score (nSPS) is 23.2. The molecule has 24 heteroatoms. The van der Waals surface area contributed by atoms with Crippen molar-refractivity contribution >= 4 is 70.6 Å². The first-order chi connectivity index (χ1) is 23.3. The smallest absolute Gasteiger partial charge is 0.281 e. The third-order valence-electron chi connectivity index (χ3n) is 7.43. The van der Waals surface area contributed by atoms with E-state index in [1.807, 2.05) is 13.8 Å². The number of allylic oxidation sites excluding steroid dienone is 3. The largest absolute Gasteiger partial charge is 0.310 e. The zero-order chi connectivity index (χ0) is 37.9. The van der Waals surface area contributed by atoms with Crippen LogP contribution in [-0.2, 0) is 45.6 Å². The van der Waals surface area contributed by atoms with E-state index >= 15 is 0 Å². The van der Waals surface area contributed by atoms with E-state index in [9.17, 15) is 53.1 Å². The molecule has 51 heavy (non-hydrogen) atoms. The van der Waals surface area contributed by atoms with Gasteiger partial charge in [-0.2, -0.15) is 35.0 Å². The highest BCUT2D eigenvalue weighted by atomic mass is 32.3. The maximum absolute atomic E-state index is 12.7. The molecule has 0 saturated heterocycles. The summed E-state index contributed by atoms with van der Waals surface area (Å²) in [5.41, 5.74) is 2.31. The van der Waals surface area contributed by atoms with Gasteiger partial charge in [0.1, 0.15) is 17.3 Å². The lowest BCUT2D eigenvalue weighted by atomic mass is 9.72. The van der Waals surface area contributed by atoms with Crippen LogP contribution < -0.4 is 26.8 Å². The zero-order valence-electron chi connectivity index (χ0n) is 27.3. The number of amides is 2. The molecule has 0 radical (unpaired) electrons. The highest BCUT2D eigenvalue weighted by Crippen LogP contribution is 2.48. The minimum absolute atomic E-state index is 0.0257. The molecule has 0 aromatic carbocycles. The fourth-order valence-corrected chi connectivity index (χ4v) is 8.92. The first-order valence-electron chi connectivity index (χ1n) is 14.7. The summed E-state index contributed by atoms with van der Waals surface area (Å²) < 4.78 is 122. The van der Waals surface area contributed by atoms with Crippen molar-refractivity contribution < 1.29 is 53.1 Å². The summed E-state index contributed by atoms with van der Waals surface area (Å²) in [4.78, 5) is 23.6. The van der Waals surface area contributed by atoms with E-state index in [-0.39, 0.29) is 45.1 Å². The Morgan fingerprint density at radius 2 is 1.63 bits per heavy atom. The summed E-state index contributed by atoms with van der Waals surface area (Å²) in [5.74, 6) is -4.31. The molecule has 1 atom stereocenters. The lowest BCUT2D eigenvalue weighted by Crippen LogP contribution is -2.44. The monoisotopic (exact) mass is 790 g/mol. The van der Waals surface area contributed by atoms with Crippen LogP contribution in [0.3, 0.4) is 0 Å². The van der Waals surface area contributed by atoms with Crippen molar-refractivity contribution in [2.45, 2.75) is 46.3 Å². The van der Waals surface area contributed by atoms with Gasteiger partial charge in [-0.25, -0.2) is 5.01 Å². The molecule has 20 nitrogen and oxygen atoms in total. The van der Waals surface area contributed by atoms with E-state index in [0.717, 1.165) is 22.0 Å². The zero-order valence-corrected chi connectivity index (χ0v) is 30.6. The lowest BCUT2D eigenvalue weighted by Gasteiger charge is -2.34. The number of hydrazine groups is 1. The Hall–Kier alpha value is -4.17. The molecule has 1 aromatic rings. The van der Waals surface area contributed by atoms with Gasteiger partial charge in [-0.05, 0) is 30.3 Å². The van der Waals surface area contributed by atoms with Crippen molar-refractivity contribution in [1.82, 2.24) is 30.8 Å². The van der Waals surface area contributed by atoms with Gasteiger partial charge in [0.2, 0.25) is 11.8 Å². The van der Waals surface area contributed by atoms with Gasteiger partial charge >= 0.3 is 0 Å². The second-order valence-corrected chi connectivity index (χ2v) is 18.7. The lowest BCUT2D eigenvalue weighted by molar-refractivity contribution is -0.119. The van der Waals surface area contributed by atoms with Crippen LogP contribution in [0.25, 0.3) is 11.9 Å². The van der Waals surface area contributed by atoms with Crippen LogP contribution in [0.1, 0.15) is 46.2 Å². The van der Waals surface area contributed by atoms with Crippen LogP contribution >= 0.6 is 10.8 Å². The molecule has 7 N–H and O–H groups in total. The van der Waals surface area contributed by atoms with Crippen LogP contribution in [0.5, 0.6) is 0 Å². The number of sulfonamides is 1. The maximum Gasteiger partial charge on any atom is 0.281 e. The Bertz CT molecular complexity index is 2390. The summed E-state index contributed by atoms with van der Waals surface area (Å²) in [5, 5.41) is 11.5. The van der Waals surface area contributed by atoms with Crippen LogP contribution in [-0.4, -0.2) is 81.7 Å². The molecule has 1 unspecified atom stereocenters. The topological polar surface area (TPSA) is 299 Å². The molecular weight excluding hydrogens is 757 g/mol. The first kappa shape index (κ1) is 38.1. The van der Waals surface area contributed by atoms with Crippen molar-refractivity contribution in [3.63, 3.8) is 0 Å². The second kappa shape index (κ2) is 13.1. The van der Waals surface area contributed by atoms with E-state index in [1.54, 1.807) is 12.2 Å². The van der Waals surface area contributed by atoms with Crippen LogP contribution in [0.15, 0.2) is 60.5 Å². The third-order valence-corrected chi connectivity index (χ3v) is 10.7. The van der Waals surface area contributed by atoms with Crippen LogP contribution in [0.2, 0.25) is 0 Å². The molecule has 4 heterocycles. The minimum Gasteiger partial charge on any atom is -0.310 e. The van der Waals surface area contributed by atoms with Crippen molar-refractivity contribution in [2.75, 3.05) is 5.75 Å². The Morgan fingerprint density at radius 1 is 1.00 bits per heavy atom. The fraction of sp³-hybridized carbons (Fsp3) is 0.370. The summed E-state index contributed by atoms with van der Waals surface area (Å²) in [6.45, 7) is 6.16. The summed E-state index contributed by atoms with van der Waals surface area (Å²) in [6, 6.07) is 0. The highest BCUT2D eigenvalue weighted by molar-refractivity contribution is 8.25. The number of carbonyl (C=O) groups excluding carboxylic acids is 2. The molecule has 0 bridgehead atoms. The fourth-order valence-electron chi connectivity index (χ4n) is 5.91. The Balaban J connectivity index is 1.63. The second-order valence-electron chi connectivity index (χ2n) is 12.8. The molecule has 0 spiro atoms. The average Bonchev–Trinajstić information content (AvgIpc) is 3.39. The minimum atomic E-state index is -4.68. The van der Waals surface area contributed by atoms with E-state index in [4.69, 9.17) is 0 Å². The standard InChI is InChI=1S/C27H34N8O12S4/c1-15(36)28-23-13-48(38,39)32-25-19(21(30-34(23)25)11-50(42,43)44)6-5-17-7-18(10-27(3,4)9-17)8-20-22(12-51(45,46)47)31-35-24(29-16(2)37)14-49(40,41)33-26(20)35/h5-8,13-14,18,30,38-39H,9-12H2,1-4H3,(H,28,36)(H,29,37)(H,42,43,44)(H,45,46,47)/b6-5+,20-8+. The third kappa shape index (κ3) is 9.39. The quantitative estimate of drug-likeness (QED) is 0.159. The number of carbonyl (C=O) groups is 2. The maximum atomic E-state index is 12.7. The molecule has 1 aliphatic carbocycles. The predicted octanol–water partition coefficient (Wildman–Crippen LogP) is -0.200. The van der Waals surface area contributed by atoms with Crippen molar-refractivity contribution in [3.8, 4) is 0 Å². The molecule has 5 rings (SSSR count). The van der Waals surface area contributed by atoms with E-state index in [0.29, 0.717) is 23.8 Å². The van der Waals surface area contributed by atoms with Crippen LogP contribution in [0.4, 0.5) is 0 Å². The van der Waals surface area contributed by atoms with Gasteiger partial charge in [-0.1, -0.05) is 48.4 Å². The number of nitrogens with one attached hydrogen (secondary N) is 3. The molecule has 1 aromatic heterocycles. The first-order valence-corrected chi connectivity index (χ1v) is 21.0. The van der Waals surface area contributed by atoms with Gasteiger partial charge in [-0.15, -0.1) is 8.80 Å². The van der Waals surface area contributed by atoms with E-state index < -0.39 is 75.7 Å². The van der Waals surface area contributed by atoms with Gasteiger partial charge in [-0.3, -0.25) is 33.2 Å². The molecule has 0 saturated carbocycles. The Labute approximate surface area is 293 Å². The number of hydrogen-bond acceptors (Lipinski definition) is 14. The van der Waals surface area contributed by atoms with E-state index in [2.05, 4.69) is 30.0 Å². The number of nitrogens with zero attached hydrogens (tertiary/aromatic N) is 5. The van der Waals surface area contributed by atoms with Crippen molar-refractivity contribution in [2.24, 2.45) is 20.1 Å². The van der Waals surface area contributed by atoms with Crippen molar-refractivity contribution in [1.29, 1.82) is 0 Å². The van der Waals surface area contributed by atoms with Gasteiger partial charge < -0.3 is 10.6 Å². The summed E-state index contributed by atoms with van der Waals surface area (Å²) >= 11 is 0. The highest BCUT2D eigenvalue weighted by Gasteiger charge is 2.37. The number of aromatic nitrogens is 2. The van der Waals surface area contributed by atoms with Gasteiger partial charge in [0.15, 0.2) is 17.1 Å². The Kier molecular flexibility index (Phi) is 9.78. The SMILES string of the molecule is CC(=O)NC1=CS(O)(O)N=C2C(/C=C/C3=CC(/C=c4\c(CS(=O)(=O)O)nn5c4=NS(=O)(=O)C=C5NC(C)=O)CC(C)(C)C3)=C(CS(=O)(=O)O)NN12. The number of amidine groups is 1. The number of rotatable bonds is 9. The molecule has 278 valence electrons. The molecule has 4 aliphatic rings. The number of hydrogen-bond donors (Lipinski definition) is 7. The predicted molar refractivity (Wildman–Crippen MR) is 184 cm³/mol. The van der Waals surface area contributed by atoms with Crippen LogP contribution in [0, 0.1) is 11.3 Å². The van der Waals surface area contributed by atoms with Gasteiger partial charge in [0.05, 0.1) is 22.2 Å². The molecule has 3 aliphatic heterocycles.